The van der Waals surface area contributed by atoms with Gasteiger partial charge < -0.3 is 15.5 Å². The smallest absolute Gasteiger partial charge is 0.379 e. The first-order valence-corrected chi connectivity index (χ1v) is 8.26. The highest BCUT2D eigenvalue weighted by molar-refractivity contribution is 5.77. The van der Waals surface area contributed by atoms with E-state index in [9.17, 15) is 28.1 Å². The van der Waals surface area contributed by atoms with E-state index in [1.807, 2.05) is 0 Å². The zero-order valence-corrected chi connectivity index (χ0v) is 14.3. The van der Waals surface area contributed by atoms with Crippen LogP contribution in [0.3, 0.4) is 0 Å². The highest BCUT2D eigenvalue weighted by Gasteiger charge is 2.33. The lowest BCUT2D eigenvalue weighted by Crippen LogP contribution is -2.44. The van der Waals surface area contributed by atoms with Crippen molar-refractivity contribution in [3.05, 3.63) is 33.9 Å². The molecule has 1 aromatic rings. The summed E-state index contributed by atoms with van der Waals surface area (Å²) in [5.41, 5.74) is -1.80. The molecule has 0 aliphatic carbocycles. The number of nitro groups is 1. The van der Waals surface area contributed by atoms with E-state index >= 15 is 0 Å². The first-order valence-electron chi connectivity index (χ1n) is 8.26. The maximum Gasteiger partial charge on any atom is 0.416 e. The van der Waals surface area contributed by atoms with Gasteiger partial charge in [-0.3, -0.25) is 14.9 Å². The van der Waals surface area contributed by atoms with Gasteiger partial charge >= 0.3 is 6.18 Å². The SMILES string of the molecule is CN(C(=O)CCNc1ccc(C(F)(F)F)cc1[N+](=O)[O-])C1CCNCC1. The van der Waals surface area contributed by atoms with Crippen molar-refractivity contribution in [2.75, 3.05) is 32.0 Å². The molecule has 1 fully saturated rings. The van der Waals surface area contributed by atoms with Crippen LogP contribution >= 0.6 is 0 Å². The molecule has 1 saturated heterocycles. The molecular weight excluding hydrogens is 353 g/mol. The number of hydrogen-bond acceptors (Lipinski definition) is 5. The molecule has 10 heteroatoms. The third-order valence-electron chi connectivity index (χ3n) is 4.43. The summed E-state index contributed by atoms with van der Waals surface area (Å²) in [5, 5.41) is 16.9. The average molecular weight is 374 g/mol. The minimum atomic E-state index is -4.66. The molecule has 2 rings (SSSR count). The highest BCUT2D eigenvalue weighted by Crippen LogP contribution is 2.34. The van der Waals surface area contributed by atoms with Crippen LogP contribution < -0.4 is 10.6 Å². The van der Waals surface area contributed by atoms with Gasteiger partial charge in [0, 0.05) is 32.1 Å². The van der Waals surface area contributed by atoms with Gasteiger partial charge in [-0.1, -0.05) is 0 Å². The van der Waals surface area contributed by atoms with Crippen LogP contribution in [0.25, 0.3) is 0 Å². The number of carbonyl (C=O) groups is 1. The molecular formula is C16H21F3N4O3. The van der Waals surface area contributed by atoms with Gasteiger partial charge in [-0.15, -0.1) is 0 Å². The summed E-state index contributed by atoms with van der Waals surface area (Å²) in [5.74, 6) is -0.112. The molecule has 26 heavy (non-hydrogen) atoms. The molecule has 1 aliphatic heterocycles. The van der Waals surface area contributed by atoms with Gasteiger partial charge in [0.05, 0.1) is 10.5 Å². The van der Waals surface area contributed by atoms with Gasteiger partial charge in [-0.25, -0.2) is 0 Å². The van der Waals surface area contributed by atoms with Crippen LogP contribution in [0.15, 0.2) is 18.2 Å². The van der Waals surface area contributed by atoms with Crippen molar-refractivity contribution in [3.8, 4) is 0 Å². The summed E-state index contributed by atoms with van der Waals surface area (Å²) in [6.45, 7) is 1.79. The number of halogens is 3. The predicted molar refractivity (Wildman–Crippen MR) is 89.9 cm³/mol. The number of carbonyl (C=O) groups excluding carboxylic acids is 1. The number of amides is 1. The second kappa shape index (κ2) is 8.35. The number of nitro benzene ring substituents is 1. The standard InChI is InChI=1S/C16H21F3N4O3/c1-22(12-4-7-20-8-5-12)15(24)6-9-21-13-3-2-11(16(17,18)19)10-14(13)23(25)26/h2-3,10,12,20-21H,4-9H2,1H3. The quantitative estimate of drug-likeness (QED) is 0.590. The molecule has 0 saturated carbocycles. The van der Waals surface area contributed by atoms with Crippen molar-refractivity contribution in [2.45, 2.75) is 31.5 Å². The van der Waals surface area contributed by atoms with Crippen LogP contribution in [0.1, 0.15) is 24.8 Å². The van der Waals surface area contributed by atoms with Crippen LogP contribution in [-0.4, -0.2) is 48.5 Å². The molecule has 0 aromatic heterocycles. The Hall–Kier alpha value is -2.36. The maximum absolute atomic E-state index is 12.7. The molecule has 1 aromatic carbocycles. The Balaban J connectivity index is 1.96. The second-order valence-electron chi connectivity index (χ2n) is 6.15. The molecule has 0 spiro atoms. The minimum Gasteiger partial charge on any atom is -0.379 e. The summed E-state index contributed by atoms with van der Waals surface area (Å²) in [4.78, 5) is 24.0. The summed E-state index contributed by atoms with van der Waals surface area (Å²) < 4.78 is 38.1. The zero-order chi connectivity index (χ0) is 19.3. The number of nitrogens with zero attached hydrogens (tertiary/aromatic N) is 2. The number of hydrogen-bond donors (Lipinski definition) is 2. The van der Waals surface area contributed by atoms with Crippen molar-refractivity contribution in [1.82, 2.24) is 10.2 Å². The fourth-order valence-electron chi connectivity index (χ4n) is 2.89. The Morgan fingerprint density at radius 3 is 2.62 bits per heavy atom. The van der Waals surface area contributed by atoms with E-state index in [1.54, 1.807) is 11.9 Å². The Morgan fingerprint density at radius 2 is 2.04 bits per heavy atom. The average Bonchev–Trinajstić information content (AvgIpc) is 2.60. The van der Waals surface area contributed by atoms with E-state index in [1.165, 1.54) is 0 Å². The zero-order valence-electron chi connectivity index (χ0n) is 14.3. The molecule has 0 radical (unpaired) electrons. The van der Waals surface area contributed by atoms with Gasteiger partial charge in [0.25, 0.3) is 5.69 Å². The van der Waals surface area contributed by atoms with Gasteiger partial charge in [-0.2, -0.15) is 13.2 Å². The number of rotatable bonds is 6. The van der Waals surface area contributed by atoms with Crippen molar-refractivity contribution in [1.29, 1.82) is 0 Å². The van der Waals surface area contributed by atoms with Crippen molar-refractivity contribution in [2.24, 2.45) is 0 Å². The molecule has 1 amide bonds. The predicted octanol–water partition coefficient (Wildman–Crippen LogP) is 2.63. The van der Waals surface area contributed by atoms with Crippen LogP contribution in [0, 0.1) is 10.1 Å². The third kappa shape index (κ3) is 5.07. The molecule has 0 atom stereocenters. The number of alkyl halides is 3. The summed E-state index contributed by atoms with van der Waals surface area (Å²) in [6.07, 6.45) is -2.84. The Morgan fingerprint density at radius 1 is 1.38 bits per heavy atom. The Kier molecular flexibility index (Phi) is 6.41. The van der Waals surface area contributed by atoms with E-state index in [4.69, 9.17) is 0 Å². The second-order valence-corrected chi connectivity index (χ2v) is 6.15. The van der Waals surface area contributed by atoms with Crippen LogP contribution in [0.2, 0.25) is 0 Å². The van der Waals surface area contributed by atoms with Gasteiger partial charge in [0.15, 0.2) is 0 Å². The molecule has 0 bridgehead atoms. The molecule has 1 aliphatic rings. The van der Waals surface area contributed by atoms with Crippen LogP contribution in [0.4, 0.5) is 24.5 Å². The van der Waals surface area contributed by atoms with Gasteiger partial charge in [-0.05, 0) is 38.1 Å². The van der Waals surface area contributed by atoms with Crippen molar-refractivity contribution < 1.29 is 22.9 Å². The molecule has 2 N–H and O–H groups in total. The maximum atomic E-state index is 12.7. The van der Waals surface area contributed by atoms with Crippen molar-refractivity contribution >= 4 is 17.3 Å². The lowest BCUT2D eigenvalue weighted by atomic mass is 10.1. The van der Waals surface area contributed by atoms with E-state index in [0.717, 1.165) is 38.1 Å². The Labute approximate surface area is 148 Å². The fraction of sp³-hybridized carbons (Fsp3) is 0.562. The monoisotopic (exact) mass is 374 g/mol. The van der Waals surface area contributed by atoms with E-state index < -0.39 is 22.4 Å². The first kappa shape index (κ1) is 20.0. The van der Waals surface area contributed by atoms with E-state index in [2.05, 4.69) is 10.6 Å². The number of benzene rings is 1. The van der Waals surface area contributed by atoms with Crippen molar-refractivity contribution in [3.63, 3.8) is 0 Å². The molecule has 7 nitrogen and oxygen atoms in total. The summed E-state index contributed by atoms with van der Waals surface area (Å²) in [7, 11) is 1.72. The molecule has 1 heterocycles. The summed E-state index contributed by atoms with van der Waals surface area (Å²) in [6, 6.07) is 2.44. The highest BCUT2D eigenvalue weighted by atomic mass is 19.4. The largest absolute Gasteiger partial charge is 0.416 e. The topological polar surface area (TPSA) is 87.5 Å². The lowest BCUT2D eigenvalue weighted by molar-refractivity contribution is -0.384. The van der Waals surface area contributed by atoms with E-state index in [0.29, 0.717) is 6.07 Å². The Bertz CT molecular complexity index is 661. The van der Waals surface area contributed by atoms with Crippen LogP contribution in [0.5, 0.6) is 0 Å². The molecule has 0 unspecified atom stereocenters. The fourth-order valence-corrected chi connectivity index (χ4v) is 2.89. The number of piperidine rings is 1. The lowest BCUT2D eigenvalue weighted by Gasteiger charge is -2.31. The minimum absolute atomic E-state index is 0.0414. The van der Waals surface area contributed by atoms with E-state index in [-0.39, 0.29) is 30.6 Å². The van der Waals surface area contributed by atoms with Crippen LogP contribution in [-0.2, 0) is 11.0 Å². The molecule has 144 valence electrons. The number of nitrogens with one attached hydrogen (secondary N) is 2. The van der Waals surface area contributed by atoms with Gasteiger partial charge in [0.2, 0.25) is 5.91 Å². The summed E-state index contributed by atoms with van der Waals surface area (Å²) >= 11 is 0. The number of anilines is 1. The normalized spacial score (nSPS) is 15.5. The third-order valence-corrected chi connectivity index (χ3v) is 4.43. The first-order chi connectivity index (χ1) is 12.2. The van der Waals surface area contributed by atoms with Gasteiger partial charge in [0.1, 0.15) is 5.69 Å².